The minimum Gasteiger partial charge on any atom is -0.317 e. The number of nitrogens with zero attached hydrogens (tertiary/aromatic N) is 3. The zero-order chi connectivity index (χ0) is 14.0. The van der Waals surface area contributed by atoms with Crippen LogP contribution < -0.4 is 5.32 Å². The van der Waals surface area contributed by atoms with Gasteiger partial charge < -0.3 is 10.2 Å². The second-order valence-electron chi connectivity index (χ2n) is 7.42. The molecule has 0 amide bonds. The molecule has 1 N–H and O–H groups in total. The summed E-state index contributed by atoms with van der Waals surface area (Å²) in [4.78, 5) is 7.88. The van der Waals surface area contributed by atoms with Crippen LogP contribution >= 0.6 is 24.8 Å². The molecule has 0 radical (unpaired) electrons. The largest absolute Gasteiger partial charge is 0.317 e. The quantitative estimate of drug-likeness (QED) is 0.831. The monoisotopic (exact) mass is 352 g/mol. The van der Waals surface area contributed by atoms with Crippen LogP contribution in [0.25, 0.3) is 0 Å². The highest BCUT2D eigenvalue weighted by Crippen LogP contribution is 2.39. The first-order chi connectivity index (χ1) is 9.67. The molecule has 3 aliphatic rings. The average molecular weight is 353 g/mol. The van der Waals surface area contributed by atoms with Gasteiger partial charge in [0.25, 0.3) is 0 Å². The van der Waals surface area contributed by atoms with E-state index in [4.69, 9.17) is 0 Å². The van der Waals surface area contributed by atoms with Crippen LogP contribution in [0.15, 0.2) is 0 Å². The molecular weight excluding hydrogens is 319 g/mol. The topological polar surface area (TPSA) is 21.8 Å². The first-order valence-electron chi connectivity index (χ1n) is 8.53. The Labute approximate surface area is 148 Å². The van der Waals surface area contributed by atoms with Crippen LogP contribution in [0, 0.1) is 5.41 Å². The summed E-state index contributed by atoms with van der Waals surface area (Å²) in [5.41, 5.74) is 0.654. The van der Waals surface area contributed by atoms with E-state index >= 15 is 0 Å². The van der Waals surface area contributed by atoms with Gasteiger partial charge in [0.2, 0.25) is 0 Å². The van der Waals surface area contributed by atoms with Crippen LogP contribution in [0.4, 0.5) is 0 Å². The van der Waals surface area contributed by atoms with E-state index in [1.807, 2.05) is 0 Å². The number of piperazine rings is 1. The van der Waals surface area contributed by atoms with E-state index in [1.165, 1.54) is 78.2 Å². The van der Waals surface area contributed by atoms with Gasteiger partial charge in [-0.25, -0.2) is 0 Å². The van der Waals surface area contributed by atoms with Crippen LogP contribution in [-0.4, -0.2) is 86.7 Å². The molecule has 4 nitrogen and oxygen atoms in total. The highest BCUT2D eigenvalue weighted by Gasteiger charge is 2.40. The number of halogens is 2. The lowest BCUT2D eigenvalue weighted by atomic mass is 9.78. The number of rotatable bonds is 3. The third kappa shape index (κ3) is 4.96. The van der Waals surface area contributed by atoms with Crippen molar-refractivity contribution in [3.05, 3.63) is 0 Å². The lowest BCUT2D eigenvalue weighted by Gasteiger charge is -2.38. The molecule has 1 spiro atoms. The molecule has 3 fully saturated rings. The first kappa shape index (κ1) is 20.5. The fourth-order valence-corrected chi connectivity index (χ4v) is 4.23. The summed E-state index contributed by atoms with van der Waals surface area (Å²) in [6.45, 7) is 13.8. The number of nitrogens with one attached hydrogen (secondary N) is 1. The third-order valence-electron chi connectivity index (χ3n) is 5.87. The summed E-state index contributed by atoms with van der Waals surface area (Å²) in [6, 6.07) is 0.729. The van der Waals surface area contributed by atoms with Gasteiger partial charge in [-0.1, -0.05) is 0 Å². The molecule has 6 heteroatoms. The summed E-state index contributed by atoms with van der Waals surface area (Å²) >= 11 is 0. The van der Waals surface area contributed by atoms with Crippen LogP contribution in [0.2, 0.25) is 0 Å². The molecule has 3 heterocycles. The summed E-state index contributed by atoms with van der Waals surface area (Å²) in [7, 11) is 2.24. The van der Waals surface area contributed by atoms with Gasteiger partial charge in [0.1, 0.15) is 0 Å². The molecule has 0 aromatic carbocycles. The van der Waals surface area contributed by atoms with Crippen molar-refractivity contribution in [1.29, 1.82) is 0 Å². The Kier molecular flexibility index (Phi) is 8.42. The summed E-state index contributed by atoms with van der Waals surface area (Å²) in [6.07, 6.45) is 4.22. The van der Waals surface area contributed by atoms with Gasteiger partial charge in [-0.3, -0.25) is 9.80 Å². The maximum Gasteiger partial charge on any atom is 0.0195 e. The van der Waals surface area contributed by atoms with E-state index in [0.29, 0.717) is 5.41 Å². The zero-order valence-electron chi connectivity index (χ0n) is 14.2. The number of hydrogen-bond donors (Lipinski definition) is 1. The molecule has 0 bridgehead atoms. The van der Waals surface area contributed by atoms with Crippen molar-refractivity contribution in [3.8, 4) is 0 Å². The highest BCUT2D eigenvalue weighted by molar-refractivity contribution is 5.85. The van der Waals surface area contributed by atoms with Crippen LogP contribution in [0.1, 0.15) is 26.2 Å². The normalized spacial score (nSPS) is 28.1. The number of piperidine rings is 1. The van der Waals surface area contributed by atoms with E-state index in [9.17, 15) is 0 Å². The van der Waals surface area contributed by atoms with Gasteiger partial charge in [0, 0.05) is 45.3 Å². The molecule has 0 saturated carbocycles. The summed E-state index contributed by atoms with van der Waals surface area (Å²) in [5, 5.41) is 3.52. The molecule has 0 aromatic rings. The second kappa shape index (κ2) is 9.05. The smallest absolute Gasteiger partial charge is 0.0195 e. The Morgan fingerprint density at radius 3 is 2.23 bits per heavy atom. The van der Waals surface area contributed by atoms with E-state index in [-0.39, 0.29) is 24.8 Å². The van der Waals surface area contributed by atoms with E-state index in [2.05, 4.69) is 34.0 Å². The lowest BCUT2D eigenvalue weighted by molar-refractivity contribution is 0.106. The molecule has 3 saturated heterocycles. The predicted molar refractivity (Wildman–Crippen MR) is 98.6 cm³/mol. The van der Waals surface area contributed by atoms with Gasteiger partial charge in [0.05, 0.1) is 0 Å². The highest BCUT2D eigenvalue weighted by atomic mass is 35.5. The second-order valence-corrected chi connectivity index (χ2v) is 7.42. The maximum atomic E-state index is 3.52. The van der Waals surface area contributed by atoms with Crippen molar-refractivity contribution >= 4 is 24.8 Å². The van der Waals surface area contributed by atoms with Gasteiger partial charge in [-0.2, -0.15) is 0 Å². The van der Waals surface area contributed by atoms with Crippen molar-refractivity contribution in [2.24, 2.45) is 5.41 Å². The van der Waals surface area contributed by atoms with Crippen molar-refractivity contribution in [1.82, 2.24) is 20.0 Å². The molecule has 3 aliphatic heterocycles. The molecule has 1 unspecified atom stereocenters. The van der Waals surface area contributed by atoms with Gasteiger partial charge in [-0.15, -0.1) is 24.8 Å². The predicted octanol–water partition coefficient (Wildman–Crippen LogP) is 1.54. The van der Waals surface area contributed by atoms with Crippen LogP contribution in [0.5, 0.6) is 0 Å². The van der Waals surface area contributed by atoms with Crippen molar-refractivity contribution in [2.75, 3.05) is 66.0 Å². The summed E-state index contributed by atoms with van der Waals surface area (Å²) in [5.74, 6) is 0. The minimum absolute atomic E-state index is 0. The fourth-order valence-electron chi connectivity index (χ4n) is 4.23. The van der Waals surface area contributed by atoms with Gasteiger partial charge in [0.15, 0.2) is 0 Å². The average Bonchev–Trinajstić information content (AvgIpc) is 2.86. The standard InChI is InChI=1S/C16H32N4.2ClH/c1-15(13-19-11-9-18(2)10-12-19)20-8-5-16(14-20)3-6-17-7-4-16;;/h15,17H,3-14H2,1-2H3;2*1H. The Bertz CT molecular complexity index is 315. The number of likely N-dealkylation sites (tertiary alicyclic amines) is 1. The lowest BCUT2D eigenvalue weighted by Crippen LogP contribution is -2.50. The molecule has 0 aromatic heterocycles. The Hall–Kier alpha value is 0.420. The Morgan fingerprint density at radius 1 is 0.955 bits per heavy atom. The van der Waals surface area contributed by atoms with E-state index in [0.717, 1.165) is 6.04 Å². The molecule has 1 atom stereocenters. The fraction of sp³-hybridized carbons (Fsp3) is 1.00. The third-order valence-corrected chi connectivity index (χ3v) is 5.87. The minimum atomic E-state index is 0. The summed E-state index contributed by atoms with van der Waals surface area (Å²) < 4.78 is 0. The first-order valence-corrected chi connectivity index (χ1v) is 8.53. The van der Waals surface area contributed by atoms with Gasteiger partial charge >= 0.3 is 0 Å². The van der Waals surface area contributed by atoms with Crippen LogP contribution in [0.3, 0.4) is 0 Å². The molecular formula is C16H34Cl2N4. The molecule has 3 rings (SSSR count). The van der Waals surface area contributed by atoms with Crippen molar-refractivity contribution < 1.29 is 0 Å². The SMILES string of the molecule is CC(CN1CCN(C)CC1)N1CCC2(CCNCC2)C1.Cl.Cl. The zero-order valence-corrected chi connectivity index (χ0v) is 15.9. The van der Waals surface area contributed by atoms with E-state index in [1.54, 1.807) is 0 Å². The van der Waals surface area contributed by atoms with Crippen molar-refractivity contribution in [3.63, 3.8) is 0 Å². The molecule has 0 aliphatic carbocycles. The van der Waals surface area contributed by atoms with E-state index < -0.39 is 0 Å². The van der Waals surface area contributed by atoms with Gasteiger partial charge in [-0.05, 0) is 58.3 Å². The van der Waals surface area contributed by atoms with Crippen LogP contribution in [-0.2, 0) is 0 Å². The number of likely N-dealkylation sites (N-methyl/N-ethyl adjacent to an activating group) is 1. The molecule has 22 heavy (non-hydrogen) atoms. The maximum absolute atomic E-state index is 3.52. The van der Waals surface area contributed by atoms with Crippen molar-refractivity contribution in [2.45, 2.75) is 32.2 Å². The Balaban J connectivity index is 0.00000121. The molecule has 132 valence electrons. The Morgan fingerprint density at radius 2 is 1.59 bits per heavy atom. The number of hydrogen-bond acceptors (Lipinski definition) is 4.